The molecule has 4 rings (SSSR count). The van der Waals surface area contributed by atoms with Crippen LogP contribution in [0.4, 0.5) is 0 Å². The summed E-state index contributed by atoms with van der Waals surface area (Å²) in [5, 5.41) is 1.01. The third-order valence-corrected chi connectivity index (χ3v) is 8.20. The molecule has 5 nitrogen and oxygen atoms in total. The van der Waals surface area contributed by atoms with Crippen molar-refractivity contribution in [2.24, 2.45) is 5.92 Å². The van der Waals surface area contributed by atoms with Gasteiger partial charge in [-0.3, -0.25) is 9.59 Å². The van der Waals surface area contributed by atoms with Crippen LogP contribution in [0.1, 0.15) is 81.9 Å². The highest BCUT2D eigenvalue weighted by Gasteiger charge is 2.32. The molecule has 1 aromatic heterocycles. The van der Waals surface area contributed by atoms with E-state index in [1.807, 2.05) is 19.1 Å². The highest BCUT2D eigenvalue weighted by molar-refractivity contribution is 6.10. The number of carbonyl (C=O) groups is 2. The van der Waals surface area contributed by atoms with Crippen LogP contribution in [0.2, 0.25) is 0 Å². The number of hydrogen-bond donors (Lipinski definition) is 0. The Labute approximate surface area is 215 Å². The average molecular weight is 489 g/mol. The van der Waals surface area contributed by atoms with Gasteiger partial charge in [0.05, 0.1) is 7.11 Å². The van der Waals surface area contributed by atoms with Crippen molar-refractivity contribution in [3.05, 3.63) is 70.8 Å². The third-order valence-electron chi connectivity index (χ3n) is 8.20. The second-order valence-electron chi connectivity index (χ2n) is 10.7. The lowest BCUT2D eigenvalue weighted by Gasteiger charge is -2.42. The number of benzene rings is 1. The Morgan fingerprint density at radius 2 is 1.97 bits per heavy atom. The molecule has 0 bridgehead atoms. The summed E-state index contributed by atoms with van der Waals surface area (Å²) in [6.45, 7) is 15.9. The lowest BCUT2D eigenvalue weighted by atomic mass is 9.86. The topological polar surface area (TPSA) is 51.5 Å². The van der Waals surface area contributed by atoms with E-state index in [2.05, 4.69) is 61.9 Å². The number of fused-ring (bicyclic) bond motifs is 1. The largest absolute Gasteiger partial charge is 0.496 e. The van der Waals surface area contributed by atoms with E-state index in [0.29, 0.717) is 36.1 Å². The van der Waals surface area contributed by atoms with Gasteiger partial charge in [0.2, 0.25) is 0 Å². The molecule has 1 aliphatic heterocycles. The first-order valence-electron chi connectivity index (χ1n) is 13.2. The van der Waals surface area contributed by atoms with Crippen molar-refractivity contribution >= 4 is 22.5 Å². The van der Waals surface area contributed by atoms with Crippen molar-refractivity contribution in [1.29, 1.82) is 0 Å². The molecule has 1 saturated heterocycles. The smallest absolute Gasteiger partial charge is 0.166 e. The van der Waals surface area contributed by atoms with Crippen molar-refractivity contribution < 1.29 is 14.3 Å². The molecule has 0 radical (unpaired) electrons. The minimum absolute atomic E-state index is 0.0580. The predicted molar refractivity (Wildman–Crippen MR) is 146 cm³/mol. The Kier molecular flexibility index (Phi) is 7.58. The Morgan fingerprint density at radius 3 is 2.64 bits per heavy atom. The summed E-state index contributed by atoms with van der Waals surface area (Å²) in [4.78, 5) is 28.7. The Balaban J connectivity index is 1.62. The van der Waals surface area contributed by atoms with Crippen LogP contribution in [-0.4, -0.2) is 40.7 Å². The zero-order valence-corrected chi connectivity index (χ0v) is 22.7. The number of carbonyl (C=O) groups excluding carboxylic acids is 2. The molecule has 1 aromatic carbocycles. The Morgan fingerprint density at radius 1 is 1.25 bits per heavy atom. The van der Waals surface area contributed by atoms with Gasteiger partial charge in [-0.25, -0.2) is 0 Å². The van der Waals surface area contributed by atoms with Crippen LogP contribution in [0.3, 0.4) is 0 Å². The van der Waals surface area contributed by atoms with Crippen LogP contribution in [0.25, 0.3) is 10.9 Å². The van der Waals surface area contributed by atoms with Crippen molar-refractivity contribution in [3.8, 4) is 0 Å². The first-order valence-corrected chi connectivity index (χ1v) is 13.2. The average Bonchev–Trinajstić information content (AvgIpc) is 3.13. The molecule has 2 aromatic rings. The summed E-state index contributed by atoms with van der Waals surface area (Å²) >= 11 is 0. The maximum atomic E-state index is 13.7. The summed E-state index contributed by atoms with van der Waals surface area (Å²) in [7, 11) is 1.58. The van der Waals surface area contributed by atoms with Crippen molar-refractivity contribution in [2.75, 3.05) is 13.7 Å². The van der Waals surface area contributed by atoms with Gasteiger partial charge in [-0.15, -0.1) is 0 Å². The molecule has 192 valence electrons. The summed E-state index contributed by atoms with van der Waals surface area (Å²) < 4.78 is 7.85. The fourth-order valence-corrected chi connectivity index (χ4v) is 6.36. The van der Waals surface area contributed by atoms with Gasteiger partial charge in [0, 0.05) is 64.9 Å². The molecular weight excluding hydrogens is 448 g/mol. The summed E-state index contributed by atoms with van der Waals surface area (Å²) in [6, 6.07) is 8.98. The molecule has 1 aliphatic carbocycles. The highest BCUT2D eigenvalue weighted by atomic mass is 16.5. The Hall–Kier alpha value is -3.08. The zero-order valence-electron chi connectivity index (χ0n) is 22.7. The monoisotopic (exact) mass is 488 g/mol. The maximum Gasteiger partial charge on any atom is 0.166 e. The second-order valence-corrected chi connectivity index (χ2v) is 10.7. The number of nitrogens with zero attached hydrogens (tertiary/aromatic N) is 2. The van der Waals surface area contributed by atoms with Crippen LogP contribution in [-0.2, 0) is 9.53 Å². The second kappa shape index (κ2) is 10.5. The first kappa shape index (κ1) is 26.0. The number of allylic oxidation sites excluding steroid dienone is 4. The number of piperidine rings is 1. The maximum absolute atomic E-state index is 13.7. The van der Waals surface area contributed by atoms with E-state index in [9.17, 15) is 9.59 Å². The number of aromatic nitrogens is 1. The number of para-hydroxylation sites is 1. The van der Waals surface area contributed by atoms with E-state index < -0.39 is 0 Å². The number of hydrogen-bond acceptors (Lipinski definition) is 4. The van der Waals surface area contributed by atoms with E-state index in [1.165, 1.54) is 0 Å². The lowest BCUT2D eigenvalue weighted by molar-refractivity contribution is -0.115. The van der Waals surface area contributed by atoms with Crippen LogP contribution in [0, 0.1) is 12.8 Å². The van der Waals surface area contributed by atoms with Gasteiger partial charge in [-0.05, 0) is 71.9 Å². The summed E-state index contributed by atoms with van der Waals surface area (Å²) in [5.74, 6) is 1.27. The standard InChI is InChI=1S/C31H40N2O3/c1-19(2)32-15-14-24(18-21(32)4)22(5)33-23(6)31(25-10-8-9-11-27(25)33)28(34)13-12-26-29(35)16-20(3)17-30(26)36-7/h8-11,17,21-22,24H,1,12-16,18H2,2-7H3. The number of rotatable bonds is 8. The molecule has 0 amide bonds. The summed E-state index contributed by atoms with van der Waals surface area (Å²) in [6.07, 6.45) is 5.21. The molecule has 5 heteroatoms. The van der Waals surface area contributed by atoms with Crippen LogP contribution in [0.5, 0.6) is 0 Å². The molecule has 3 atom stereocenters. The molecule has 2 aliphatic rings. The molecule has 1 fully saturated rings. The predicted octanol–water partition coefficient (Wildman–Crippen LogP) is 6.93. The summed E-state index contributed by atoms with van der Waals surface area (Å²) in [5.41, 5.74) is 5.69. The lowest BCUT2D eigenvalue weighted by Crippen LogP contribution is -2.41. The van der Waals surface area contributed by atoms with E-state index in [-0.39, 0.29) is 24.0 Å². The SMILES string of the molecule is C=C(C)N1CCC(C(C)n2c(C)c(C(=O)CCC3=C(OC)C=C(C)CC3=O)c3ccccc32)CC1C. The van der Waals surface area contributed by atoms with Gasteiger partial charge in [-0.1, -0.05) is 30.4 Å². The van der Waals surface area contributed by atoms with E-state index in [1.54, 1.807) is 7.11 Å². The van der Waals surface area contributed by atoms with Crippen molar-refractivity contribution in [1.82, 2.24) is 9.47 Å². The van der Waals surface area contributed by atoms with Gasteiger partial charge >= 0.3 is 0 Å². The van der Waals surface area contributed by atoms with Crippen LogP contribution in [0.15, 0.2) is 59.5 Å². The Bertz CT molecular complexity index is 1260. The molecule has 0 N–H and O–H groups in total. The first-order chi connectivity index (χ1) is 17.1. The highest BCUT2D eigenvalue weighted by Crippen LogP contribution is 2.38. The normalized spacial score (nSPS) is 21.6. The molecular formula is C31H40N2O3. The van der Waals surface area contributed by atoms with E-state index >= 15 is 0 Å². The minimum atomic E-state index is 0.0580. The van der Waals surface area contributed by atoms with E-state index in [0.717, 1.165) is 52.8 Å². The molecule has 0 saturated carbocycles. The third kappa shape index (κ3) is 4.80. The fourth-order valence-electron chi connectivity index (χ4n) is 6.36. The van der Waals surface area contributed by atoms with Crippen LogP contribution < -0.4 is 0 Å². The minimum Gasteiger partial charge on any atom is -0.496 e. The van der Waals surface area contributed by atoms with Gasteiger partial charge in [0.1, 0.15) is 5.76 Å². The number of Topliss-reactive ketones (excluding diaryl/α,β-unsaturated/α-hetero) is 2. The van der Waals surface area contributed by atoms with Gasteiger partial charge < -0.3 is 14.2 Å². The van der Waals surface area contributed by atoms with E-state index in [4.69, 9.17) is 4.74 Å². The van der Waals surface area contributed by atoms with Crippen LogP contribution >= 0.6 is 0 Å². The van der Waals surface area contributed by atoms with Gasteiger partial charge in [-0.2, -0.15) is 0 Å². The molecule has 3 unspecified atom stereocenters. The molecule has 2 heterocycles. The van der Waals surface area contributed by atoms with Crippen molar-refractivity contribution in [2.45, 2.75) is 78.8 Å². The quantitative estimate of drug-likeness (QED) is 0.378. The fraction of sp³-hybridized carbons (Fsp3) is 0.484. The van der Waals surface area contributed by atoms with Gasteiger partial charge in [0.25, 0.3) is 0 Å². The number of ether oxygens (including phenoxy) is 1. The zero-order chi connectivity index (χ0) is 26.1. The number of likely N-dealkylation sites (tertiary alicyclic amines) is 1. The molecule has 36 heavy (non-hydrogen) atoms. The number of ketones is 2. The van der Waals surface area contributed by atoms with Gasteiger partial charge in [0.15, 0.2) is 11.6 Å². The molecule has 0 spiro atoms. The van der Waals surface area contributed by atoms with Crippen molar-refractivity contribution in [3.63, 3.8) is 0 Å². The number of methoxy groups -OCH3 is 1.